The average Bonchev–Trinajstić information content (AvgIpc) is 2.64. The van der Waals surface area contributed by atoms with E-state index in [0.717, 1.165) is 0 Å². The Morgan fingerprint density at radius 2 is 1.77 bits per heavy atom. The minimum Gasteiger partial charge on any atom is -0.484 e. The number of carbonyl (C=O) groups excluding carboxylic acids is 2. The molecule has 26 heavy (non-hydrogen) atoms. The fraction of sp³-hybridized carbons (Fsp3) is 0.158. The molecule has 0 aromatic heterocycles. The van der Waals surface area contributed by atoms with Crippen LogP contribution < -0.4 is 20.5 Å². The fourth-order valence-corrected chi connectivity index (χ4v) is 2.02. The molecule has 0 aliphatic carbocycles. The van der Waals surface area contributed by atoms with Gasteiger partial charge < -0.3 is 20.5 Å². The number of benzene rings is 2. The van der Waals surface area contributed by atoms with Crippen LogP contribution in [0.5, 0.6) is 11.5 Å². The molecule has 0 unspecified atom stereocenters. The summed E-state index contributed by atoms with van der Waals surface area (Å²) in [5.74, 6) is 5.54. The number of rotatable bonds is 7. The number of nitrogens with two attached hydrogens (primary N) is 1. The largest absolute Gasteiger partial charge is 0.484 e. The van der Waals surface area contributed by atoms with E-state index in [0.29, 0.717) is 22.1 Å². The van der Waals surface area contributed by atoms with Crippen molar-refractivity contribution in [3.63, 3.8) is 0 Å². The minimum absolute atomic E-state index is 0.0709. The zero-order valence-electron chi connectivity index (χ0n) is 13.8. The fourth-order valence-electron chi connectivity index (χ4n) is 1.90. The molecule has 2 aromatic carbocycles. The van der Waals surface area contributed by atoms with Crippen molar-refractivity contribution in [3.05, 3.63) is 59.1 Å². The van der Waals surface area contributed by atoms with Crippen molar-refractivity contribution in [1.82, 2.24) is 5.32 Å². The first-order valence-electron chi connectivity index (χ1n) is 7.68. The number of hydrogen-bond acceptors (Lipinski definition) is 4. The molecule has 2 rings (SSSR count). The van der Waals surface area contributed by atoms with Gasteiger partial charge >= 0.3 is 0 Å². The Morgan fingerprint density at radius 1 is 1.04 bits per heavy atom. The van der Waals surface area contributed by atoms with E-state index < -0.39 is 5.91 Å². The summed E-state index contributed by atoms with van der Waals surface area (Å²) in [5, 5.41) is 3.19. The van der Waals surface area contributed by atoms with Crippen LogP contribution in [0.1, 0.15) is 10.4 Å². The molecule has 0 radical (unpaired) electrons. The molecular weight excluding hydrogens is 356 g/mol. The Labute approximate surface area is 156 Å². The lowest BCUT2D eigenvalue weighted by Crippen LogP contribution is -2.29. The lowest BCUT2D eigenvalue weighted by Gasteiger charge is -2.06. The molecule has 0 atom stereocenters. The predicted molar refractivity (Wildman–Crippen MR) is 98.2 cm³/mol. The van der Waals surface area contributed by atoms with Crippen LogP contribution in [0.2, 0.25) is 5.02 Å². The molecule has 0 fully saturated rings. The van der Waals surface area contributed by atoms with Crippen LogP contribution in [0.3, 0.4) is 0 Å². The summed E-state index contributed by atoms with van der Waals surface area (Å²) in [6, 6.07) is 13.3. The van der Waals surface area contributed by atoms with Gasteiger partial charge in [-0.05, 0) is 36.4 Å². The van der Waals surface area contributed by atoms with Crippen LogP contribution in [-0.2, 0) is 4.79 Å². The van der Waals surface area contributed by atoms with Gasteiger partial charge in [-0.15, -0.1) is 0 Å². The molecule has 3 N–H and O–H groups in total. The van der Waals surface area contributed by atoms with Crippen LogP contribution in [0.25, 0.3) is 0 Å². The van der Waals surface area contributed by atoms with E-state index in [4.69, 9.17) is 26.8 Å². The van der Waals surface area contributed by atoms with E-state index in [1.54, 1.807) is 48.5 Å². The molecule has 2 aromatic rings. The van der Waals surface area contributed by atoms with Crippen molar-refractivity contribution in [2.45, 2.75) is 0 Å². The molecule has 0 saturated heterocycles. The Morgan fingerprint density at radius 3 is 2.50 bits per heavy atom. The van der Waals surface area contributed by atoms with Crippen molar-refractivity contribution in [2.75, 3.05) is 19.8 Å². The number of halogens is 1. The zero-order chi connectivity index (χ0) is 18.8. The van der Waals surface area contributed by atoms with Gasteiger partial charge in [-0.2, -0.15) is 0 Å². The summed E-state index contributed by atoms with van der Waals surface area (Å²) in [6.07, 6.45) is 0. The van der Waals surface area contributed by atoms with E-state index >= 15 is 0 Å². The number of para-hydroxylation sites is 1. The van der Waals surface area contributed by atoms with Gasteiger partial charge in [0.1, 0.15) is 18.1 Å². The maximum Gasteiger partial charge on any atom is 0.258 e. The Balaban J connectivity index is 1.68. The lowest BCUT2D eigenvalue weighted by atomic mass is 10.2. The zero-order valence-corrected chi connectivity index (χ0v) is 14.6. The van der Waals surface area contributed by atoms with Crippen LogP contribution in [-0.4, -0.2) is 31.6 Å². The summed E-state index contributed by atoms with van der Waals surface area (Å²) in [7, 11) is 0. The van der Waals surface area contributed by atoms with E-state index in [1.807, 2.05) is 0 Å². The number of amides is 2. The third-order valence-electron chi connectivity index (χ3n) is 3.13. The van der Waals surface area contributed by atoms with Gasteiger partial charge in [0.05, 0.1) is 12.1 Å². The number of hydrogen-bond donors (Lipinski definition) is 2. The molecule has 0 aliphatic heterocycles. The van der Waals surface area contributed by atoms with Crippen molar-refractivity contribution in [2.24, 2.45) is 5.73 Å². The first-order valence-corrected chi connectivity index (χ1v) is 8.06. The predicted octanol–water partition coefficient (Wildman–Crippen LogP) is 2.02. The summed E-state index contributed by atoms with van der Waals surface area (Å²) in [6.45, 7) is 0.108. The van der Waals surface area contributed by atoms with Gasteiger partial charge in [0.2, 0.25) is 0 Å². The van der Waals surface area contributed by atoms with Crippen LogP contribution >= 0.6 is 11.6 Å². The summed E-state index contributed by atoms with van der Waals surface area (Å²) < 4.78 is 10.7. The number of carbonyl (C=O) groups is 2. The van der Waals surface area contributed by atoms with Gasteiger partial charge in [-0.1, -0.05) is 35.6 Å². The monoisotopic (exact) mass is 372 g/mol. The third kappa shape index (κ3) is 6.38. The summed E-state index contributed by atoms with van der Waals surface area (Å²) >= 11 is 5.76. The normalized spacial score (nSPS) is 9.58. The molecular formula is C19H17ClN2O4. The van der Waals surface area contributed by atoms with E-state index in [9.17, 15) is 9.59 Å². The third-order valence-corrected chi connectivity index (χ3v) is 3.39. The van der Waals surface area contributed by atoms with Crippen molar-refractivity contribution >= 4 is 23.4 Å². The van der Waals surface area contributed by atoms with Gasteiger partial charge in [0.15, 0.2) is 6.61 Å². The molecule has 0 heterocycles. The first kappa shape index (κ1) is 19.2. The molecule has 0 spiro atoms. The average molecular weight is 373 g/mol. The summed E-state index contributed by atoms with van der Waals surface area (Å²) in [5.41, 5.74) is 5.55. The smallest absolute Gasteiger partial charge is 0.258 e. The number of ether oxygens (including phenoxy) is 2. The van der Waals surface area contributed by atoms with E-state index in [2.05, 4.69) is 17.2 Å². The van der Waals surface area contributed by atoms with Crippen LogP contribution in [0.4, 0.5) is 0 Å². The highest BCUT2D eigenvalue weighted by molar-refractivity contribution is 6.30. The second kappa shape index (κ2) is 9.97. The van der Waals surface area contributed by atoms with E-state index in [-0.39, 0.29) is 25.7 Å². The topological polar surface area (TPSA) is 90.7 Å². The van der Waals surface area contributed by atoms with Crippen LogP contribution in [0, 0.1) is 11.8 Å². The summed E-state index contributed by atoms with van der Waals surface area (Å²) in [4.78, 5) is 22.9. The molecule has 6 nitrogen and oxygen atoms in total. The highest BCUT2D eigenvalue weighted by Gasteiger charge is 2.07. The number of primary amides is 1. The highest BCUT2D eigenvalue weighted by Crippen LogP contribution is 2.17. The van der Waals surface area contributed by atoms with E-state index in [1.165, 1.54) is 0 Å². The molecule has 7 heteroatoms. The van der Waals surface area contributed by atoms with Gasteiger partial charge in [0, 0.05) is 5.02 Å². The van der Waals surface area contributed by atoms with Crippen molar-refractivity contribution in [1.29, 1.82) is 0 Å². The van der Waals surface area contributed by atoms with Crippen molar-refractivity contribution < 1.29 is 19.1 Å². The SMILES string of the molecule is NC(=O)c1ccccc1OCC#CCNC(=O)COc1ccc(Cl)cc1. The maximum absolute atomic E-state index is 11.6. The minimum atomic E-state index is -0.568. The molecule has 134 valence electrons. The van der Waals surface area contributed by atoms with Gasteiger partial charge in [0.25, 0.3) is 11.8 Å². The second-order valence-electron chi connectivity index (χ2n) is 5.02. The van der Waals surface area contributed by atoms with Crippen LogP contribution in [0.15, 0.2) is 48.5 Å². The molecule has 0 aliphatic rings. The quantitative estimate of drug-likeness (QED) is 0.727. The highest BCUT2D eigenvalue weighted by atomic mass is 35.5. The second-order valence-corrected chi connectivity index (χ2v) is 5.46. The number of nitrogens with one attached hydrogen (secondary N) is 1. The maximum atomic E-state index is 11.6. The Hall–Kier alpha value is -3.17. The van der Waals surface area contributed by atoms with Crippen molar-refractivity contribution in [3.8, 4) is 23.3 Å². The molecule has 0 bridgehead atoms. The molecule has 0 saturated carbocycles. The molecule has 2 amide bonds. The Bertz CT molecular complexity index is 825. The van der Waals surface area contributed by atoms with Gasteiger partial charge in [-0.25, -0.2) is 0 Å². The lowest BCUT2D eigenvalue weighted by molar-refractivity contribution is -0.122. The Kier molecular flexibility index (Phi) is 7.34. The standard InChI is InChI=1S/C19H17ClN2O4/c20-14-7-9-15(10-8-14)26-13-18(23)22-11-3-4-12-25-17-6-2-1-5-16(17)19(21)24/h1-2,5-10H,11-13H2,(H2,21,24)(H,22,23). The first-order chi connectivity index (χ1) is 12.6. The van der Waals surface area contributed by atoms with Gasteiger partial charge in [-0.3, -0.25) is 9.59 Å².